The van der Waals surface area contributed by atoms with Crippen LogP contribution in [0.2, 0.25) is 0 Å². The Labute approximate surface area is 248 Å². The van der Waals surface area contributed by atoms with Crippen LogP contribution in [0.1, 0.15) is 32.0 Å². The highest BCUT2D eigenvalue weighted by Gasteiger charge is 2.31. The summed E-state index contributed by atoms with van der Waals surface area (Å²) in [6.07, 6.45) is 2.18. The number of sulfone groups is 2. The molecule has 4 aromatic rings. The van der Waals surface area contributed by atoms with Crippen LogP contribution in [0.5, 0.6) is 0 Å². The molecule has 0 radical (unpaired) electrons. The van der Waals surface area contributed by atoms with Gasteiger partial charge in [-0.05, 0) is 69.5 Å². The second-order valence-corrected chi connectivity index (χ2v) is 15.1. The minimum Gasteiger partial charge on any atom is -0.347 e. The Bertz CT molecular complexity index is 1880. The smallest absolute Gasteiger partial charge is 0.257 e. The molecule has 5 rings (SSSR count). The average Bonchev–Trinajstić information content (AvgIpc) is 3.42. The molecular formula is C29H28N4O6S3. The topological polar surface area (TPSA) is 143 Å². The maximum absolute atomic E-state index is 13.2. The summed E-state index contributed by atoms with van der Waals surface area (Å²) in [5.74, 6) is -0.950. The Kier molecular flexibility index (Phi) is 8.28. The number of carbonyl (C=O) groups excluding carboxylic acids is 2. The van der Waals surface area contributed by atoms with E-state index in [1.165, 1.54) is 41.7 Å². The average molecular weight is 625 g/mol. The first-order valence-corrected chi connectivity index (χ1v) is 16.9. The standard InChI is InChI=1S/C29H28N4O6S3/c1-33(2)14-5-15-41(36,37)22-11-8-19(9-12-22)29-31-18-21(40-29)17-30-27(34)20-10-13-26-24(16-20)32-28(35)23-6-3-4-7-25(23)42(26,38)39/h3-4,6-13,16,18H,5,14-15,17H2,1-2H3,(H,30,34)(H,32,35). The summed E-state index contributed by atoms with van der Waals surface area (Å²) in [4.78, 5) is 32.8. The third-order valence-electron chi connectivity index (χ3n) is 6.66. The third-order valence-corrected chi connectivity index (χ3v) is 11.4. The highest BCUT2D eigenvalue weighted by Crippen LogP contribution is 2.34. The largest absolute Gasteiger partial charge is 0.347 e. The van der Waals surface area contributed by atoms with Gasteiger partial charge in [0, 0.05) is 22.2 Å². The van der Waals surface area contributed by atoms with E-state index in [-0.39, 0.29) is 43.8 Å². The Morgan fingerprint density at radius 2 is 1.76 bits per heavy atom. The van der Waals surface area contributed by atoms with Gasteiger partial charge in [-0.3, -0.25) is 9.59 Å². The number of hydrogen-bond donors (Lipinski definition) is 2. The summed E-state index contributed by atoms with van der Waals surface area (Å²) in [6.45, 7) is 0.859. The van der Waals surface area contributed by atoms with E-state index in [0.29, 0.717) is 18.0 Å². The number of nitrogens with one attached hydrogen (secondary N) is 2. The predicted octanol–water partition coefficient (Wildman–Crippen LogP) is 3.86. The van der Waals surface area contributed by atoms with Crippen molar-refractivity contribution in [3.05, 3.63) is 88.9 Å². The Morgan fingerprint density at radius 1 is 1.02 bits per heavy atom. The summed E-state index contributed by atoms with van der Waals surface area (Å²) in [5, 5.41) is 6.08. The van der Waals surface area contributed by atoms with Crippen molar-refractivity contribution in [3.63, 3.8) is 0 Å². The minimum atomic E-state index is -3.97. The molecule has 13 heteroatoms. The number of aromatic nitrogens is 1. The van der Waals surface area contributed by atoms with E-state index in [1.807, 2.05) is 19.0 Å². The summed E-state index contributed by atoms with van der Waals surface area (Å²) < 4.78 is 51.6. The van der Waals surface area contributed by atoms with Gasteiger partial charge in [0.15, 0.2) is 9.84 Å². The zero-order valence-electron chi connectivity index (χ0n) is 22.8. The van der Waals surface area contributed by atoms with Gasteiger partial charge in [0.1, 0.15) is 5.01 Å². The fourth-order valence-electron chi connectivity index (χ4n) is 4.49. The molecule has 2 N–H and O–H groups in total. The molecule has 3 aromatic carbocycles. The molecule has 0 saturated carbocycles. The summed E-state index contributed by atoms with van der Waals surface area (Å²) in [6, 6.07) is 16.6. The molecule has 42 heavy (non-hydrogen) atoms. The van der Waals surface area contributed by atoms with Crippen LogP contribution in [-0.2, 0) is 26.2 Å². The van der Waals surface area contributed by atoms with Gasteiger partial charge in [-0.2, -0.15) is 0 Å². The Hall–Kier alpha value is -3.91. The molecule has 10 nitrogen and oxygen atoms in total. The van der Waals surface area contributed by atoms with Crippen LogP contribution in [-0.4, -0.2) is 64.9 Å². The second kappa shape index (κ2) is 11.8. The van der Waals surface area contributed by atoms with E-state index < -0.39 is 31.5 Å². The third kappa shape index (κ3) is 6.14. The van der Waals surface area contributed by atoms with Gasteiger partial charge in [0.2, 0.25) is 9.84 Å². The van der Waals surface area contributed by atoms with Crippen molar-refractivity contribution >= 4 is 48.5 Å². The van der Waals surface area contributed by atoms with Crippen molar-refractivity contribution in [2.75, 3.05) is 31.7 Å². The molecule has 0 spiro atoms. The van der Waals surface area contributed by atoms with Gasteiger partial charge in [0.25, 0.3) is 11.8 Å². The van der Waals surface area contributed by atoms with Gasteiger partial charge in [-0.1, -0.05) is 24.3 Å². The lowest BCUT2D eigenvalue weighted by Gasteiger charge is -2.10. The molecule has 0 saturated heterocycles. The predicted molar refractivity (Wildman–Crippen MR) is 160 cm³/mol. The van der Waals surface area contributed by atoms with Crippen LogP contribution < -0.4 is 10.6 Å². The monoisotopic (exact) mass is 624 g/mol. The lowest BCUT2D eigenvalue weighted by molar-refractivity contribution is 0.0949. The van der Waals surface area contributed by atoms with Gasteiger partial charge in [0.05, 0.1) is 38.2 Å². The Morgan fingerprint density at radius 3 is 2.50 bits per heavy atom. The number of anilines is 1. The number of thiazole rings is 1. The number of amides is 2. The molecule has 0 bridgehead atoms. The minimum absolute atomic E-state index is 0.0343. The number of nitrogens with zero attached hydrogens (tertiary/aromatic N) is 2. The molecule has 0 fully saturated rings. The highest BCUT2D eigenvalue weighted by atomic mass is 32.2. The molecule has 0 atom stereocenters. The quantitative estimate of drug-likeness (QED) is 0.286. The van der Waals surface area contributed by atoms with Crippen molar-refractivity contribution < 1.29 is 26.4 Å². The van der Waals surface area contributed by atoms with E-state index >= 15 is 0 Å². The molecule has 2 heterocycles. The van der Waals surface area contributed by atoms with Crippen molar-refractivity contribution in [2.45, 2.75) is 27.7 Å². The molecule has 2 amide bonds. The second-order valence-electron chi connectivity index (χ2n) is 9.98. The van der Waals surface area contributed by atoms with Crippen molar-refractivity contribution in [1.82, 2.24) is 15.2 Å². The maximum atomic E-state index is 13.2. The fourth-order valence-corrected chi connectivity index (χ4v) is 8.23. The number of benzene rings is 3. The van der Waals surface area contributed by atoms with Crippen LogP contribution in [0.4, 0.5) is 5.69 Å². The summed E-state index contributed by atoms with van der Waals surface area (Å²) in [5.41, 5.74) is 1.01. The number of rotatable bonds is 9. The van der Waals surface area contributed by atoms with Crippen LogP contribution in [0.15, 0.2) is 87.6 Å². The van der Waals surface area contributed by atoms with Gasteiger partial charge in [-0.15, -0.1) is 11.3 Å². The lowest BCUT2D eigenvalue weighted by atomic mass is 10.1. The first-order chi connectivity index (χ1) is 20.0. The highest BCUT2D eigenvalue weighted by molar-refractivity contribution is 7.92. The van der Waals surface area contributed by atoms with Crippen molar-refractivity contribution in [1.29, 1.82) is 0 Å². The zero-order valence-corrected chi connectivity index (χ0v) is 25.3. The van der Waals surface area contributed by atoms with E-state index in [1.54, 1.807) is 42.6 Å². The maximum Gasteiger partial charge on any atom is 0.257 e. The zero-order chi connectivity index (χ0) is 30.1. The number of hydrogen-bond acceptors (Lipinski definition) is 9. The van der Waals surface area contributed by atoms with Gasteiger partial charge >= 0.3 is 0 Å². The van der Waals surface area contributed by atoms with Crippen LogP contribution >= 0.6 is 11.3 Å². The van der Waals surface area contributed by atoms with E-state index in [2.05, 4.69) is 15.6 Å². The lowest BCUT2D eigenvalue weighted by Crippen LogP contribution is -2.22. The van der Waals surface area contributed by atoms with E-state index in [9.17, 15) is 26.4 Å². The normalized spacial score (nSPS) is 14.0. The first-order valence-electron chi connectivity index (χ1n) is 13.0. The van der Waals surface area contributed by atoms with Crippen molar-refractivity contribution in [2.24, 2.45) is 0 Å². The summed E-state index contributed by atoms with van der Waals surface area (Å²) >= 11 is 1.36. The number of fused-ring (bicyclic) bond motifs is 2. The molecule has 218 valence electrons. The van der Waals surface area contributed by atoms with Gasteiger partial charge < -0.3 is 15.5 Å². The first kappa shape index (κ1) is 29.6. The number of carbonyl (C=O) groups is 2. The van der Waals surface area contributed by atoms with Gasteiger partial charge in [-0.25, -0.2) is 21.8 Å². The molecule has 1 aliphatic rings. The molecule has 0 aliphatic carbocycles. The fraction of sp³-hybridized carbons (Fsp3) is 0.207. The van der Waals surface area contributed by atoms with E-state index in [0.717, 1.165) is 10.4 Å². The van der Waals surface area contributed by atoms with E-state index in [4.69, 9.17) is 0 Å². The van der Waals surface area contributed by atoms with Crippen molar-refractivity contribution in [3.8, 4) is 10.6 Å². The molecule has 1 aromatic heterocycles. The molecule has 0 unspecified atom stereocenters. The molecular weight excluding hydrogens is 597 g/mol. The molecule has 1 aliphatic heterocycles. The Balaban J connectivity index is 1.25. The van der Waals surface area contributed by atoms with Crippen LogP contribution in [0, 0.1) is 0 Å². The SMILES string of the molecule is CN(C)CCCS(=O)(=O)c1ccc(-c2ncc(CNC(=O)c3ccc4c(c3)NC(=O)c3ccccc3S4(=O)=O)s2)cc1. The van der Waals surface area contributed by atoms with Crippen LogP contribution in [0.3, 0.4) is 0 Å². The summed E-state index contributed by atoms with van der Waals surface area (Å²) in [7, 11) is -3.54. The van der Waals surface area contributed by atoms with Crippen LogP contribution in [0.25, 0.3) is 10.6 Å².